The van der Waals surface area contributed by atoms with Crippen molar-refractivity contribution in [3.05, 3.63) is 29.3 Å². The van der Waals surface area contributed by atoms with Crippen molar-refractivity contribution in [1.82, 2.24) is 16.0 Å². The van der Waals surface area contributed by atoms with E-state index in [1.165, 1.54) is 0 Å². The van der Waals surface area contributed by atoms with E-state index in [1.54, 1.807) is 0 Å². The van der Waals surface area contributed by atoms with Crippen LogP contribution in [0.15, 0.2) is 18.2 Å². The zero-order valence-electron chi connectivity index (χ0n) is 11.5. The fraction of sp³-hybridized carbons (Fsp3) is 0.500. The smallest absolute Gasteiger partial charge is 0.319 e. The first kappa shape index (κ1) is 13.8. The molecule has 0 saturated carbocycles. The Hall–Kier alpha value is -1.59. The van der Waals surface area contributed by atoms with Crippen molar-refractivity contribution in [3.8, 4) is 0 Å². The number of urea groups is 1. The molecule has 1 fully saturated rings. The van der Waals surface area contributed by atoms with Crippen LogP contribution in [-0.4, -0.2) is 38.3 Å². The molecule has 5 nitrogen and oxygen atoms in total. The van der Waals surface area contributed by atoms with Gasteiger partial charge in [0.05, 0.1) is 0 Å². The van der Waals surface area contributed by atoms with E-state index in [9.17, 15) is 4.79 Å². The van der Waals surface area contributed by atoms with Crippen molar-refractivity contribution in [3.63, 3.8) is 0 Å². The molecule has 1 aromatic carbocycles. The molecule has 4 N–H and O–H groups in total. The number of para-hydroxylation sites is 1. The minimum atomic E-state index is -0.148. The van der Waals surface area contributed by atoms with Crippen LogP contribution >= 0.6 is 0 Å². The summed E-state index contributed by atoms with van der Waals surface area (Å²) < 4.78 is 0. The number of nitrogens with one attached hydrogen (secondary N) is 4. The number of carbonyl (C=O) groups is 1. The number of benzene rings is 1. The molecule has 2 amide bonds. The number of aryl methyl sites for hydroxylation is 2. The van der Waals surface area contributed by atoms with Crippen LogP contribution < -0.4 is 21.3 Å². The Morgan fingerprint density at radius 3 is 2.68 bits per heavy atom. The van der Waals surface area contributed by atoms with E-state index in [4.69, 9.17) is 0 Å². The van der Waals surface area contributed by atoms with Gasteiger partial charge < -0.3 is 21.3 Å². The van der Waals surface area contributed by atoms with Crippen molar-refractivity contribution in [2.75, 3.05) is 31.5 Å². The van der Waals surface area contributed by atoms with Gasteiger partial charge >= 0.3 is 6.03 Å². The fourth-order valence-corrected chi connectivity index (χ4v) is 2.24. The quantitative estimate of drug-likeness (QED) is 0.657. The van der Waals surface area contributed by atoms with Crippen molar-refractivity contribution >= 4 is 11.7 Å². The van der Waals surface area contributed by atoms with E-state index in [-0.39, 0.29) is 6.03 Å². The largest absolute Gasteiger partial charge is 0.336 e. The highest BCUT2D eigenvalue weighted by molar-refractivity contribution is 5.90. The molecule has 2 rings (SSSR count). The number of hydrogen-bond donors (Lipinski definition) is 4. The van der Waals surface area contributed by atoms with E-state index >= 15 is 0 Å². The summed E-state index contributed by atoms with van der Waals surface area (Å²) in [6.07, 6.45) is 0. The van der Waals surface area contributed by atoms with Gasteiger partial charge in [-0.1, -0.05) is 18.2 Å². The molecule has 1 unspecified atom stereocenters. The summed E-state index contributed by atoms with van der Waals surface area (Å²) in [4.78, 5) is 11.9. The van der Waals surface area contributed by atoms with Gasteiger partial charge in [0, 0.05) is 37.9 Å². The molecule has 1 aliphatic heterocycles. The standard InChI is InChI=1S/C14H22N4O/c1-10-4-3-5-11(2)13(10)18-14(19)17-9-12-8-15-6-7-16-12/h3-5,12,15-16H,6-9H2,1-2H3,(H2,17,18,19). The minimum Gasteiger partial charge on any atom is -0.336 e. The van der Waals surface area contributed by atoms with E-state index in [1.807, 2.05) is 32.0 Å². The molecule has 1 aliphatic rings. The highest BCUT2D eigenvalue weighted by Crippen LogP contribution is 2.18. The Balaban J connectivity index is 1.83. The first-order chi connectivity index (χ1) is 9.16. The molecule has 104 valence electrons. The first-order valence-electron chi connectivity index (χ1n) is 6.72. The number of hydrogen-bond acceptors (Lipinski definition) is 3. The molecule has 0 aromatic heterocycles. The van der Waals surface area contributed by atoms with Crippen LogP contribution in [0.2, 0.25) is 0 Å². The molecule has 1 atom stereocenters. The van der Waals surface area contributed by atoms with Crippen molar-refractivity contribution in [2.45, 2.75) is 19.9 Å². The Kier molecular flexibility index (Phi) is 4.76. The predicted molar refractivity (Wildman–Crippen MR) is 77.6 cm³/mol. The van der Waals surface area contributed by atoms with Gasteiger partial charge in [-0.05, 0) is 25.0 Å². The molecule has 1 heterocycles. The zero-order valence-corrected chi connectivity index (χ0v) is 11.5. The highest BCUT2D eigenvalue weighted by atomic mass is 16.2. The van der Waals surface area contributed by atoms with E-state index in [2.05, 4.69) is 21.3 Å². The summed E-state index contributed by atoms with van der Waals surface area (Å²) in [5.41, 5.74) is 3.05. The van der Waals surface area contributed by atoms with Crippen molar-refractivity contribution in [2.24, 2.45) is 0 Å². The lowest BCUT2D eigenvalue weighted by Gasteiger charge is -2.24. The van der Waals surface area contributed by atoms with Gasteiger partial charge in [-0.2, -0.15) is 0 Å². The Morgan fingerprint density at radius 2 is 2.05 bits per heavy atom. The monoisotopic (exact) mass is 262 g/mol. The number of amides is 2. The molecule has 1 saturated heterocycles. The van der Waals surface area contributed by atoms with Crippen LogP contribution in [0, 0.1) is 13.8 Å². The van der Waals surface area contributed by atoms with Gasteiger partial charge in [-0.3, -0.25) is 0 Å². The Labute approximate surface area is 114 Å². The molecular formula is C14H22N4O. The van der Waals surface area contributed by atoms with Gasteiger partial charge in [-0.25, -0.2) is 4.79 Å². The zero-order chi connectivity index (χ0) is 13.7. The predicted octanol–water partition coefficient (Wildman–Crippen LogP) is 0.986. The first-order valence-corrected chi connectivity index (χ1v) is 6.72. The average Bonchev–Trinajstić information content (AvgIpc) is 2.42. The van der Waals surface area contributed by atoms with Gasteiger partial charge in [0.1, 0.15) is 0 Å². The lowest BCUT2D eigenvalue weighted by molar-refractivity contribution is 0.250. The second-order valence-electron chi connectivity index (χ2n) is 4.96. The maximum Gasteiger partial charge on any atom is 0.319 e. The van der Waals surface area contributed by atoms with Gasteiger partial charge in [0.2, 0.25) is 0 Å². The number of rotatable bonds is 3. The molecule has 1 aromatic rings. The molecule has 0 radical (unpaired) electrons. The molecule has 19 heavy (non-hydrogen) atoms. The lowest BCUT2D eigenvalue weighted by Crippen LogP contribution is -2.53. The molecule has 0 spiro atoms. The minimum absolute atomic E-state index is 0.148. The summed E-state index contributed by atoms with van der Waals surface area (Å²) in [5.74, 6) is 0. The van der Waals surface area contributed by atoms with E-state index in [0.717, 1.165) is 36.4 Å². The second-order valence-corrected chi connectivity index (χ2v) is 4.96. The SMILES string of the molecule is Cc1cccc(C)c1NC(=O)NCC1CNCCN1. The third-order valence-electron chi connectivity index (χ3n) is 3.35. The molecule has 0 aliphatic carbocycles. The Bertz CT molecular complexity index is 421. The summed E-state index contributed by atoms with van der Waals surface area (Å²) in [6.45, 7) is 7.45. The lowest BCUT2D eigenvalue weighted by atomic mass is 10.1. The summed E-state index contributed by atoms with van der Waals surface area (Å²) in [6, 6.07) is 6.14. The highest BCUT2D eigenvalue weighted by Gasteiger charge is 2.13. The summed E-state index contributed by atoms with van der Waals surface area (Å²) in [5, 5.41) is 12.5. The Morgan fingerprint density at radius 1 is 1.32 bits per heavy atom. The van der Waals surface area contributed by atoms with E-state index < -0.39 is 0 Å². The van der Waals surface area contributed by atoms with Crippen molar-refractivity contribution < 1.29 is 4.79 Å². The molecular weight excluding hydrogens is 240 g/mol. The van der Waals surface area contributed by atoms with Gasteiger partial charge in [-0.15, -0.1) is 0 Å². The summed E-state index contributed by atoms with van der Waals surface area (Å²) in [7, 11) is 0. The number of carbonyl (C=O) groups excluding carboxylic acids is 1. The molecule has 5 heteroatoms. The average molecular weight is 262 g/mol. The van der Waals surface area contributed by atoms with Crippen LogP contribution in [0.4, 0.5) is 10.5 Å². The molecule has 0 bridgehead atoms. The van der Waals surface area contributed by atoms with E-state index in [0.29, 0.717) is 12.6 Å². The maximum atomic E-state index is 11.9. The third kappa shape index (κ3) is 3.94. The van der Waals surface area contributed by atoms with Crippen LogP contribution in [0.3, 0.4) is 0 Å². The second kappa shape index (κ2) is 6.54. The number of anilines is 1. The van der Waals surface area contributed by atoms with Crippen LogP contribution in [0.5, 0.6) is 0 Å². The van der Waals surface area contributed by atoms with Gasteiger partial charge in [0.25, 0.3) is 0 Å². The van der Waals surface area contributed by atoms with Crippen LogP contribution in [0.25, 0.3) is 0 Å². The summed E-state index contributed by atoms with van der Waals surface area (Å²) >= 11 is 0. The third-order valence-corrected chi connectivity index (χ3v) is 3.35. The fourth-order valence-electron chi connectivity index (χ4n) is 2.24. The van der Waals surface area contributed by atoms with Crippen LogP contribution in [0.1, 0.15) is 11.1 Å². The van der Waals surface area contributed by atoms with Gasteiger partial charge in [0.15, 0.2) is 0 Å². The van der Waals surface area contributed by atoms with Crippen molar-refractivity contribution in [1.29, 1.82) is 0 Å². The van der Waals surface area contributed by atoms with Crippen LogP contribution in [-0.2, 0) is 0 Å². The topological polar surface area (TPSA) is 65.2 Å². The number of piperazine rings is 1. The maximum absolute atomic E-state index is 11.9. The normalized spacial score (nSPS) is 18.9.